The van der Waals surface area contributed by atoms with Crippen molar-refractivity contribution < 1.29 is 72.5 Å². The van der Waals surface area contributed by atoms with Crippen LogP contribution in [0.3, 0.4) is 0 Å². The van der Waals surface area contributed by atoms with Gasteiger partial charge in [0.15, 0.2) is 0 Å². The monoisotopic (exact) mass is 1100 g/mol. The highest BCUT2D eigenvalue weighted by atomic mass is 31.2. The van der Waals surface area contributed by atoms with Gasteiger partial charge in [-0.1, -0.05) is 100 Å². The lowest BCUT2D eigenvalue weighted by Gasteiger charge is -2.35. The quantitative estimate of drug-likeness (QED) is 0.131. The van der Waals surface area contributed by atoms with Crippen LogP contribution in [-0.4, -0.2) is 0 Å². The molecule has 0 amide bonds. The minimum Gasteiger partial charge on any atom is -0.386 e. The molecule has 0 N–H and O–H groups in total. The minimum absolute atomic E-state index is 0.0126. The van der Waals surface area contributed by atoms with Crippen LogP contribution < -0.4 is 54.3 Å². The fourth-order valence-electron chi connectivity index (χ4n) is 10.0. The van der Waals surface area contributed by atoms with Gasteiger partial charge in [0, 0.05) is 92.4 Å². The van der Waals surface area contributed by atoms with Crippen molar-refractivity contribution in [3.63, 3.8) is 0 Å². The van der Waals surface area contributed by atoms with Crippen molar-refractivity contribution in [1.29, 1.82) is 0 Å². The van der Waals surface area contributed by atoms with Crippen molar-refractivity contribution >= 4 is 31.3 Å². The van der Waals surface area contributed by atoms with Gasteiger partial charge in [-0.3, -0.25) is 0 Å². The third kappa shape index (κ3) is 8.69. The van der Waals surface area contributed by atoms with Crippen LogP contribution in [0.5, 0.6) is 69.0 Å². The molecule has 76 heavy (non-hydrogen) atoms. The number of benzene rings is 8. The minimum atomic E-state index is -4.80. The summed E-state index contributed by atoms with van der Waals surface area (Å²) in [6.07, 6.45) is 0. The van der Waals surface area contributed by atoms with Gasteiger partial charge in [-0.2, -0.15) is 18.3 Å². The summed E-state index contributed by atoms with van der Waals surface area (Å²) in [5.74, 6) is -1.76. The van der Waals surface area contributed by atoms with Crippen molar-refractivity contribution in [2.24, 2.45) is 0 Å². The van der Waals surface area contributed by atoms with E-state index in [4.69, 9.17) is 54.3 Å². The molecule has 16 nitrogen and oxygen atoms in total. The van der Waals surface area contributed by atoms with Gasteiger partial charge in [0.25, 0.3) is 0 Å². The number of rotatable bonds is 8. The van der Waals surface area contributed by atoms with Crippen molar-refractivity contribution in [3.8, 4) is 69.0 Å². The van der Waals surface area contributed by atoms with E-state index in [-0.39, 0.29) is 69.0 Å². The van der Waals surface area contributed by atoms with Gasteiger partial charge in [0.1, 0.15) is 69.0 Å². The molecule has 0 aromatic heterocycles. The van der Waals surface area contributed by atoms with E-state index in [0.717, 1.165) is 0 Å². The third-order valence-corrected chi connectivity index (χ3v) is 18.9. The second-order valence-electron chi connectivity index (χ2n) is 18.7. The van der Waals surface area contributed by atoms with Crippen LogP contribution in [0.1, 0.15) is 95.9 Å². The molecule has 8 bridgehead atoms. The summed E-state index contributed by atoms with van der Waals surface area (Å²) in [5.41, 5.74) is 4.09. The predicted octanol–water partition coefficient (Wildman–Crippen LogP) is 16.4. The molecule has 8 aromatic carbocycles. The lowest BCUT2D eigenvalue weighted by molar-refractivity contribution is 0.285. The molecular weight excluding hydrogens is 1050 g/mol. The van der Waals surface area contributed by atoms with E-state index in [1.54, 1.807) is 121 Å². The molecule has 5 aliphatic rings. The van der Waals surface area contributed by atoms with Gasteiger partial charge in [0.2, 0.25) is 0 Å². The number of hydrogen-bond donors (Lipinski definition) is 0. The first-order chi connectivity index (χ1) is 36.6. The first-order valence-corrected chi connectivity index (χ1v) is 30.1. The molecule has 0 saturated heterocycles. The average Bonchev–Trinajstić information content (AvgIpc) is 3.37. The molecule has 384 valence electrons. The van der Waals surface area contributed by atoms with Gasteiger partial charge in [-0.05, 0) is 72.8 Å². The molecule has 8 aromatic rings. The summed E-state index contributed by atoms with van der Waals surface area (Å²) in [7, 11) is -19.2. The smallest absolute Gasteiger partial charge is 0.386 e. The Morgan fingerprint density at radius 2 is 0.421 bits per heavy atom. The highest BCUT2D eigenvalue weighted by Gasteiger charge is 2.47. The molecular formula is C56H44O16P4. The van der Waals surface area contributed by atoms with E-state index in [1.165, 1.54) is 24.3 Å². The van der Waals surface area contributed by atoms with E-state index in [0.29, 0.717) is 44.5 Å². The molecule has 0 spiro atoms. The maximum atomic E-state index is 15.5. The largest absolute Gasteiger partial charge is 0.647 e. The van der Waals surface area contributed by atoms with E-state index >= 15 is 18.3 Å². The van der Waals surface area contributed by atoms with Crippen LogP contribution in [-0.2, 0) is 18.3 Å². The molecule has 0 atom stereocenters. The van der Waals surface area contributed by atoms with Crippen LogP contribution >= 0.6 is 31.3 Å². The van der Waals surface area contributed by atoms with Crippen LogP contribution in [0, 0.1) is 0 Å². The summed E-state index contributed by atoms with van der Waals surface area (Å²) in [6.45, 7) is 7.71. The molecule has 20 heteroatoms. The predicted molar refractivity (Wildman–Crippen MR) is 280 cm³/mol. The highest BCUT2D eigenvalue weighted by Crippen LogP contribution is 2.65. The zero-order valence-corrected chi connectivity index (χ0v) is 44.4. The molecule has 13 rings (SSSR count). The van der Waals surface area contributed by atoms with Crippen LogP contribution in [0.2, 0.25) is 0 Å². The summed E-state index contributed by atoms with van der Waals surface area (Å²) in [5, 5.41) is 0. The number of para-hydroxylation sites is 4. The van der Waals surface area contributed by atoms with Crippen molar-refractivity contribution in [2.75, 3.05) is 0 Å². The Balaban J connectivity index is 1.12. The second-order valence-corrected chi connectivity index (χ2v) is 24.5. The van der Waals surface area contributed by atoms with E-state index < -0.39 is 55.0 Å². The third-order valence-electron chi connectivity index (χ3n) is 13.8. The Bertz CT molecular complexity index is 3210. The lowest BCUT2D eigenvalue weighted by Crippen LogP contribution is -2.20. The topological polar surface area (TPSA) is 179 Å². The standard InChI is InChI=1S/C56H44O16P4/c1-33-41-25-43-34(2)45-27-47-36(4)48-28-46-35(3)44-26-42(33)50-30-52(44)68-75(59,63-39-21-13-7-14-22-39)70-54(46)32-56(48)72-76(60,64-40-23-15-8-16-24-40)71-55(47)31-53(45)69-74(58,62-38-19-11-6-12-20-38)67-51(43)29-49(41)65-73(57,66-50)61-37-17-9-5-10-18-37/h5-36H,1-4H3. The summed E-state index contributed by atoms with van der Waals surface area (Å²) >= 11 is 0. The van der Waals surface area contributed by atoms with Crippen molar-refractivity contribution in [2.45, 2.75) is 51.4 Å². The first kappa shape index (κ1) is 48.0. The Hall–Kier alpha value is -7.72. The SMILES string of the molecule is CC1c2cc3c4cc2OP(=O)(Oc2ccccc2)Oc2cc5c(cc21)C(C)c1cc2c(cc1OP(=O)(Oc1ccccc1)O5)OP(=O)(Oc1ccccc1)Oc1cc(c(cc1C2C)C3C)OP(=O)(Oc1ccccc1)O4. The zero-order valence-electron chi connectivity index (χ0n) is 40.8. The highest BCUT2D eigenvalue weighted by molar-refractivity contribution is 7.50. The summed E-state index contributed by atoms with van der Waals surface area (Å²) in [6, 6.07) is 46.7. The maximum Gasteiger partial charge on any atom is 0.647 e. The Morgan fingerprint density at radius 1 is 0.263 bits per heavy atom. The zero-order chi connectivity index (χ0) is 52.1. The fraction of sp³-hybridized carbons (Fsp3) is 0.143. The van der Waals surface area contributed by atoms with Crippen molar-refractivity contribution in [3.05, 3.63) is 214 Å². The van der Waals surface area contributed by atoms with E-state index in [9.17, 15) is 0 Å². The average molecular weight is 1100 g/mol. The van der Waals surface area contributed by atoms with Gasteiger partial charge in [-0.15, -0.1) is 0 Å². The van der Waals surface area contributed by atoms with Gasteiger partial charge < -0.3 is 54.3 Å². The normalized spacial score (nSPS) is 25.8. The van der Waals surface area contributed by atoms with Crippen LogP contribution in [0.4, 0.5) is 0 Å². The van der Waals surface area contributed by atoms with E-state index in [1.807, 2.05) is 52.0 Å². The molecule has 4 aliphatic heterocycles. The van der Waals surface area contributed by atoms with Crippen LogP contribution in [0.15, 0.2) is 170 Å². The molecule has 1 aliphatic carbocycles. The fourth-order valence-corrected chi connectivity index (χ4v) is 15.2. The maximum absolute atomic E-state index is 15.5. The summed E-state index contributed by atoms with van der Waals surface area (Å²) < 4.78 is 138. The van der Waals surface area contributed by atoms with Crippen molar-refractivity contribution in [1.82, 2.24) is 0 Å². The van der Waals surface area contributed by atoms with E-state index in [2.05, 4.69) is 0 Å². The lowest BCUT2D eigenvalue weighted by atomic mass is 9.81. The first-order valence-electron chi connectivity index (χ1n) is 24.3. The Kier molecular flexibility index (Phi) is 11.3. The van der Waals surface area contributed by atoms with Crippen LogP contribution in [0.25, 0.3) is 0 Å². The van der Waals surface area contributed by atoms with Gasteiger partial charge in [-0.25, -0.2) is 0 Å². The summed E-state index contributed by atoms with van der Waals surface area (Å²) in [4.78, 5) is 0. The van der Waals surface area contributed by atoms with Gasteiger partial charge in [0.05, 0.1) is 0 Å². The number of hydrogen-bond acceptors (Lipinski definition) is 16. The number of phosphoric acid groups is 4. The molecule has 0 saturated carbocycles. The van der Waals surface area contributed by atoms with Gasteiger partial charge >= 0.3 is 31.3 Å². The Morgan fingerprint density at radius 3 is 0.579 bits per heavy atom. The Labute approximate surface area is 436 Å². The number of phosphoric ester groups is 4. The second kappa shape index (κ2) is 18.0. The molecule has 4 heterocycles. The molecule has 0 fully saturated rings. The molecule has 0 unspecified atom stereocenters. The molecule has 0 radical (unpaired) electrons.